The van der Waals surface area contributed by atoms with Gasteiger partial charge in [0.2, 0.25) is 0 Å². The Kier molecular flexibility index (Phi) is 5.07. The predicted molar refractivity (Wildman–Crippen MR) is 74.9 cm³/mol. The van der Waals surface area contributed by atoms with Crippen LogP contribution in [0.2, 0.25) is 0 Å². The van der Waals surface area contributed by atoms with Gasteiger partial charge in [0.25, 0.3) is 0 Å². The van der Waals surface area contributed by atoms with Crippen LogP contribution in [0.3, 0.4) is 0 Å². The largest absolute Gasteiger partial charge is 0.472 e. The van der Waals surface area contributed by atoms with Crippen LogP contribution in [-0.2, 0) is 12.6 Å². The Bertz CT molecular complexity index is 549. The van der Waals surface area contributed by atoms with Gasteiger partial charge in [0.15, 0.2) is 0 Å². The zero-order valence-corrected chi connectivity index (χ0v) is 11.8. The van der Waals surface area contributed by atoms with Crippen molar-refractivity contribution in [1.82, 2.24) is 5.32 Å². The first-order valence-corrected chi connectivity index (χ1v) is 6.92. The number of halogens is 3. The number of hydrogen-bond donors (Lipinski definition) is 1. The molecule has 0 amide bonds. The molecule has 0 radical (unpaired) electrons. The van der Waals surface area contributed by atoms with Crippen LogP contribution in [0.15, 0.2) is 47.3 Å². The van der Waals surface area contributed by atoms with E-state index in [-0.39, 0.29) is 6.04 Å². The lowest BCUT2D eigenvalue weighted by molar-refractivity contribution is -0.137. The maximum Gasteiger partial charge on any atom is 0.416 e. The van der Waals surface area contributed by atoms with Gasteiger partial charge in [0.05, 0.1) is 18.1 Å². The van der Waals surface area contributed by atoms with Gasteiger partial charge in [0, 0.05) is 6.04 Å². The summed E-state index contributed by atoms with van der Waals surface area (Å²) in [5.74, 6) is 0. The van der Waals surface area contributed by atoms with Gasteiger partial charge in [-0.3, -0.25) is 0 Å². The Morgan fingerprint density at radius 2 is 2.05 bits per heavy atom. The molecule has 1 unspecified atom stereocenters. The molecule has 1 heterocycles. The minimum Gasteiger partial charge on any atom is -0.472 e. The molecule has 0 aliphatic carbocycles. The third kappa shape index (κ3) is 4.36. The lowest BCUT2D eigenvalue weighted by atomic mass is 9.98. The van der Waals surface area contributed by atoms with Crippen LogP contribution in [0.1, 0.15) is 36.1 Å². The molecule has 2 nitrogen and oxygen atoms in total. The molecule has 0 aliphatic rings. The molecule has 0 aliphatic heterocycles. The Balaban J connectivity index is 2.23. The molecule has 0 fully saturated rings. The summed E-state index contributed by atoms with van der Waals surface area (Å²) in [5.41, 5.74) is 0.982. The monoisotopic (exact) mass is 297 g/mol. The predicted octanol–water partition coefficient (Wildman–Crippen LogP) is 4.58. The quantitative estimate of drug-likeness (QED) is 0.844. The second-order valence-electron chi connectivity index (χ2n) is 4.97. The van der Waals surface area contributed by atoms with Crippen molar-refractivity contribution in [3.05, 3.63) is 59.5 Å². The van der Waals surface area contributed by atoms with E-state index in [0.717, 1.165) is 24.6 Å². The van der Waals surface area contributed by atoms with E-state index >= 15 is 0 Å². The van der Waals surface area contributed by atoms with E-state index in [4.69, 9.17) is 4.42 Å². The fraction of sp³-hybridized carbons (Fsp3) is 0.375. The Hall–Kier alpha value is -1.75. The van der Waals surface area contributed by atoms with Crippen LogP contribution in [0.5, 0.6) is 0 Å². The normalized spacial score (nSPS) is 13.3. The summed E-state index contributed by atoms with van der Waals surface area (Å²) in [5, 5.41) is 3.29. The number of furan rings is 1. The maximum atomic E-state index is 12.8. The molecule has 2 rings (SSSR count). The number of hydrogen-bond acceptors (Lipinski definition) is 2. The lowest BCUT2D eigenvalue weighted by Gasteiger charge is -2.19. The van der Waals surface area contributed by atoms with Crippen molar-refractivity contribution in [1.29, 1.82) is 0 Å². The Morgan fingerprint density at radius 1 is 1.24 bits per heavy atom. The zero-order valence-electron chi connectivity index (χ0n) is 11.8. The average Bonchev–Trinajstić information content (AvgIpc) is 2.95. The smallest absolute Gasteiger partial charge is 0.416 e. The first-order chi connectivity index (χ1) is 10.0. The SMILES string of the molecule is CCCNC(Cc1ccoc1)c1cccc(C(F)(F)F)c1. The number of nitrogens with one attached hydrogen (secondary N) is 1. The summed E-state index contributed by atoms with van der Waals surface area (Å²) in [6.07, 6.45) is 0.381. The highest BCUT2D eigenvalue weighted by atomic mass is 19.4. The van der Waals surface area contributed by atoms with Gasteiger partial charge in [-0.05, 0) is 48.7 Å². The van der Waals surface area contributed by atoms with Crippen molar-refractivity contribution in [2.75, 3.05) is 6.54 Å². The van der Waals surface area contributed by atoms with Crippen molar-refractivity contribution in [2.45, 2.75) is 32.0 Å². The molecule has 1 N–H and O–H groups in total. The van der Waals surface area contributed by atoms with E-state index in [1.54, 1.807) is 18.6 Å². The van der Waals surface area contributed by atoms with Crippen LogP contribution in [0.4, 0.5) is 13.2 Å². The van der Waals surface area contributed by atoms with Gasteiger partial charge in [0.1, 0.15) is 0 Å². The molecular formula is C16H18F3NO. The molecule has 1 aromatic carbocycles. The maximum absolute atomic E-state index is 12.8. The zero-order chi connectivity index (χ0) is 15.3. The van der Waals surface area contributed by atoms with Crippen LogP contribution in [0.25, 0.3) is 0 Å². The van der Waals surface area contributed by atoms with E-state index in [9.17, 15) is 13.2 Å². The highest BCUT2D eigenvalue weighted by Gasteiger charge is 2.31. The second-order valence-corrected chi connectivity index (χ2v) is 4.97. The van der Waals surface area contributed by atoms with Gasteiger partial charge in [-0.15, -0.1) is 0 Å². The Morgan fingerprint density at radius 3 is 2.67 bits per heavy atom. The fourth-order valence-electron chi connectivity index (χ4n) is 2.20. The molecule has 0 saturated heterocycles. The summed E-state index contributed by atoms with van der Waals surface area (Å²) in [7, 11) is 0. The Labute approximate surface area is 122 Å². The molecule has 114 valence electrons. The van der Waals surface area contributed by atoms with E-state index in [1.807, 2.05) is 13.0 Å². The van der Waals surface area contributed by atoms with Crippen molar-refractivity contribution >= 4 is 0 Å². The number of rotatable bonds is 6. The molecule has 0 saturated carbocycles. The molecule has 5 heteroatoms. The molecule has 1 atom stereocenters. The van der Waals surface area contributed by atoms with E-state index in [1.165, 1.54) is 12.1 Å². The summed E-state index contributed by atoms with van der Waals surface area (Å²) in [6, 6.07) is 7.15. The van der Waals surface area contributed by atoms with Crippen LogP contribution in [-0.4, -0.2) is 6.54 Å². The third-order valence-corrected chi connectivity index (χ3v) is 3.28. The van der Waals surface area contributed by atoms with E-state index in [0.29, 0.717) is 12.0 Å². The summed E-state index contributed by atoms with van der Waals surface area (Å²) in [4.78, 5) is 0. The topological polar surface area (TPSA) is 25.2 Å². The van der Waals surface area contributed by atoms with Gasteiger partial charge in [-0.2, -0.15) is 13.2 Å². The molecule has 21 heavy (non-hydrogen) atoms. The summed E-state index contributed by atoms with van der Waals surface area (Å²) >= 11 is 0. The van der Waals surface area contributed by atoms with Gasteiger partial charge >= 0.3 is 6.18 Å². The number of alkyl halides is 3. The third-order valence-electron chi connectivity index (χ3n) is 3.28. The fourth-order valence-corrected chi connectivity index (χ4v) is 2.20. The molecule has 2 aromatic rings. The molecule has 0 spiro atoms. The number of benzene rings is 1. The minimum atomic E-state index is -4.32. The molecular weight excluding hydrogens is 279 g/mol. The van der Waals surface area contributed by atoms with E-state index < -0.39 is 11.7 Å². The molecule has 0 bridgehead atoms. The first kappa shape index (κ1) is 15.6. The standard InChI is InChI=1S/C16H18F3NO/c1-2-7-20-15(9-12-6-8-21-11-12)13-4-3-5-14(10-13)16(17,18)19/h3-6,8,10-11,15,20H,2,7,9H2,1H3. The van der Waals surface area contributed by atoms with Crippen LogP contribution >= 0.6 is 0 Å². The van der Waals surface area contributed by atoms with Crippen molar-refractivity contribution < 1.29 is 17.6 Å². The van der Waals surface area contributed by atoms with E-state index in [2.05, 4.69) is 5.32 Å². The van der Waals surface area contributed by atoms with Crippen molar-refractivity contribution in [3.8, 4) is 0 Å². The van der Waals surface area contributed by atoms with Crippen molar-refractivity contribution in [3.63, 3.8) is 0 Å². The van der Waals surface area contributed by atoms with Gasteiger partial charge < -0.3 is 9.73 Å². The average molecular weight is 297 g/mol. The summed E-state index contributed by atoms with van der Waals surface area (Å²) < 4.78 is 43.5. The second kappa shape index (κ2) is 6.80. The van der Waals surface area contributed by atoms with Gasteiger partial charge in [-0.25, -0.2) is 0 Å². The first-order valence-electron chi connectivity index (χ1n) is 6.92. The van der Waals surface area contributed by atoms with Gasteiger partial charge in [-0.1, -0.05) is 19.1 Å². The van der Waals surface area contributed by atoms with Crippen LogP contribution in [0, 0.1) is 0 Å². The summed E-state index contributed by atoms with van der Waals surface area (Å²) in [6.45, 7) is 2.77. The lowest BCUT2D eigenvalue weighted by Crippen LogP contribution is -2.24. The van der Waals surface area contributed by atoms with Crippen LogP contribution < -0.4 is 5.32 Å². The highest BCUT2D eigenvalue weighted by molar-refractivity contribution is 5.29. The molecule has 1 aromatic heterocycles. The highest BCUT2D eigenvalue weighted by Crippen LogP contribution is 2.31. The van der Waals surface area contributed by atoms with Crippen molar-refractivity contribution in [2.24, 2.45) is 0 Å². The minimum absolute atomic E-state index is 0.162.